The third-order valence-electron chi connectivity index (χ3n) is 5.30. The lowest BCUT2D eigenvalue weighted by atomic mass is 10.2. The molecular formula is C23H22ClFN4O2S. The van der Waals surface area contributed by atoms with E-state index in [4.69, 9.17) is 11.6 Å². The van der Waals surface area contributed by atoms with Gasteiger partial charge in [-0.2, -0.15) is 0 Å². The lowest BCUT2D eigenvalue weighted by Crippen LogP contribution is -2.48. The maximum atomic E-state index is 13.0. The van der Waals surface area contributed by atoms with Crippen molar-refractivity contribution in [1.29, 1.82) is 0 Å². The number of aromatic nitrogens is 1. The maximum absolute atomic E-state index is 13.0. The van der Waals surface area contributed by atoms with Gasteiger partial charge in [0.1, 0.15) is 5.82 Å². The second-order valence-electron chi connectivity index (χ2n) is 7.42. The van der Waals surface area contributed by atoms with Crippen molar-refractivity contribution in [3.8, 4) is 0 Å². The van der Waals surface area contributed by atoms with Crippen molar-refractivity contribution < 1.29 is 14.0 Å². The summed E-state index contributed by atoms with van der Waals surface area (Å²) in [6, 6.07) is 13.1. The number of benzene rings is 2. The average Bonchev–Trinajstić information content (AvgIpc) is 3.25. The normalized spacial score (nSPS) is 13.8. The number of halogens is 2. The van der Waals surface area contributed by atoms with E-state index in [1.165, 1.54) is 35.6 Å². The zero-order chi connectivity index (χ0) is 22.5. The van der Waals surface area contributed by atoms with Crippen LogP contribution in [0.5, 0.6) is 0 Å². The SMILES string of the molecule is O=C(Nc1nc(CCC(=O)N2CCN(c3ccccc3Cl)CC2)cs1)c1ccc(F)cc1. The molecule has 1 saturated heterocycles. The third-order valence-corrected chi connectivity index (χ3v) is 6.43. The number of carbonyl (C=O) groups is 2. The minimum absolute atomic E-state index is 0.0914. The summed E-state index contributed by atoms with van der Waals surface area (Å²) in [5.41, 5.74) is 2.11. The molecule has 0 aliphatic carbocycles. The Balaban J connectivity index is 1.24. The minimum atomic E-state index is -0.395. The van der Waals surface area contributed by atoms with Crippen LogP contribution < -0.4 is 10.2 Å². The first kappa shape index (κ1) is 22.2. The quantitative estimate of drug-likeness (QED) is 0.575. The van der Waals surface area contributed by atoms with Gasteiger partial charge in [-0.05, 0) is 42.8 Å². The Bertz CT molecular complexity index is 1100. The van der Waals surface area contributed by atoms with Crippen LogP contribution >= 0.6 is 22.9 Å². The van der Waals surface area contributed by atoms with Crippen LogP contribution in [0.3, 0.4) is 0 Å². The first-order valence-corrected chi connectivity index (χ1v) is 11.5. The van der Waals surface area contributed by atoms with Gasteiger partial charge < -0.3 is 9.80 Å². The number of hydrogen-bond acceptors (Lipinski definition) is 5. The van der Waals surface area contributed by atoms with Gasteiger partial charge in [-0.3, -0.25) is 14.9 Å². The molecule has 0 bridgehead atoms. The number of rotatable bonds is 6. The van der Waals surface area contributed by atoms with Crippen molar-refractivity contribution in [3.05, 3.63) is 76.0 Å². The van der Waals surface area contributed by atoms with Crippen molar-refractivity contribution in [2.45, 2.75) is 12.8 Å². The second-order valence-corrected chi connectivity index (χ2v) is 8.69. The molecule has 1 aromatic heterocycles. The fourth-order valence-electron chi connectivity index (χ4n) is 3.55. The molecule has 0 unspecified atom stereocenters. The third kappa shape index (κ3) is 5.44. The average molecular weight is 473 g/mol. The Morgan fingerprint density at radius 1 is 1.06 bits per heavy atom. The van der Waals surface area contributed by atoms with Crippen molar-refractivity contribution in [2.24, 2.45) is 0 Å². The Morgan fingerprint density at radius 2 is 1.78 bits per heavy atom. The highest BCUT2D eigenvalue weighted by Crippen LogP contribution is 2.26. The fraction of sp³-hybridized carbons (Fsp3) is 0.261. The van der Waals surface area contributed by atoms with E-state index < -0.39 is 5.82 Å². The van der Waals surface area contributed by atoms with Crippen molar-refractivity contribution in [3.63, 3.8) is 0 Å². The highest BCUT2D eigenvalue weighted by Gasteiger charge is 2.22. The molecule has 0 saturated carbocycles. The lowest BCUT2D eigenvalue weighted by molar-refractivity contribution is -0.131. The predicted molar refractivity (Wildman–Crippen MR) is 125 cm³/mol. The molecule has 166 valence electrons. The summed E-state index contributed by atoms with van der Waals surface area (Å²) in [6.07, 6.45) is 0.869. The Labute approximate surface area is 194 Å². The summed E-state index contributed by atoms with van der Waals surface area (Å²) >= 11 is 7.58. The number of nitrogens with one attached hydrogen (secondary N) is 1. The fourth-order valence-corrected chi connectivity index (χ4v) is 4.54. The van der Waals surface area contributed by atoms with E-state index in [2.05, 4.69) is 15.2 Å². The number of aryl methyl sites for hydroxylation is 1. The number of piperazine rings is 1. The van der Waals surface area contributed by atoms with Crippen LogP contribution in [0.1, 0.15) is 22.5 Å². The number of nitrogens with zero attached hydrogens (tertiary/aromatic N) is 3. The molecule has 0 atom stereocenters. The van der Waals surface area contributed by atoms with Crippen LogP contribution in [0.15, 0.2) is 53.9 Å². The van der Waals surface area contributed by atoms with Gasteiger partial charge in [0.05, 0.1) is 16.4 Å². The maximum Gasteiger partial charge on any atom is 0.257 e. The van der Waals surface area contributed by atoms with Crippen LogP contribution in [0, 0.1) is 5.82 Å². The van der Waals surface area contributed by atoms with Gasteiger partial charge in [-0.15, -0.1) is 11.3 Å². The first-order chi connectivity index (χ1) is 15.5. The van der Waals surface area contributed by atoms with Gasteiger partial charge in [-0.1, -0.05) is 23.7 Å². The molecule has 1 fully saturated rings. The topological polar surface area (TPSA) is 65.5 Å². The number of hydrogen-bond donors (Lipinski definition) is 1. The van der Waals surface area contributed by atoms with E-state index in [-0.39, 0.29) is 11.8 Å². The number of amides is 2. The van der Waals surface area contributed by atoms with Crippen LogP contribution in [-0.2, 0) is 11.2 Å². The molecule has 6 nitrogen and oxygen atoms in total. The van der Waals surface area contributed by atoms with Crippen LogP contribution in [0.2, 0.25) is 5.02 Å². The van der Waals surface area contributed by atoms with Crippen LogP contribution in [-0.4, -0.2) is 47.9 Å². The minimum Gasteiger partial charge on any atom is -0.367 e. The van der Waals surface area contributed by atoms with E-state index in [1.54, 1.807) is 0 Å². The van der Waals surface area contributed by atoms with Gasteiger partial charge in [0, 0.05) is 43.5 Å². The Morgan fingerprint density at radius 3 is 2.50 bits per heavy atom. The number of para-hydroxylation sites is 1. The van der Waals surface area contributed by atoms with E-state index in [0.29, 0.717) is 36.6 Å². The molecule has 4 rings (SSSR count). The molecule has 1 aliphatic rings. The van der Waals surface area contributed by atoms with Crippen molar-refractivity contribution in [1.82, 2.24) is 9.88 Å². The molecular weight excluding hydrogens is 451 g/mol. The zero-order valence-corrected chi connectivity index (χ0v) is 18.8. The molecule has 32 heavy (non-hydrogen) atoms. The zero-order valence-electron chi connectivity index (χ0n) is 17.3. The van der Waals surface area contributed by atoms with Gasteiger partial charge in [0.25, 0.3) is 5.91 Å². The van der Waals surface area contributed by atoms with Crippen molar-refractivity contribution in [2.75, 3.05) is 36.4 Å². The standard InChI is InChI=1S/C23H22ClFN4O2S/c24-19-3-1-2-4-20(19)28-11-13-29(14-12-28)21(30)10-9-18-15-32-23(26-18)27-22(31)16-5-7-17(25)8-6-16/h1-8,15H,9-14H2,(H,26,27,31). The predicted octanol–water partition coefficient (Wildman–Crippen LogP) is 4.47. The number of anilines is 2. The molecule has 1 aliphatic heterocycles. The molecule has 9 heteroatoms. The summed E-state index contributed by atoms with van der Waals surface area (Å²) in [6.45, 7) is 2.79. The summed E-state index contributed by atoms with van der Waals surface area (Å²) in [4.78, 5) is 33.3. The Kier molecular flexibility index (Phi) is 7.02. The van der Waals surface area contributed by atoms with E-state index in [9.17, 15) is 14.0 Å². The largest absolute Gasteiger partial charge is 0.367 e. The highest BCUT2D eigenvalue weighted by molar-refractivity contribution is 7.14. The summed E-state index contributed by atoms with van der Waals surface area (Å²) in [5, 5.41) is 5.72. The number of thiazole rings is 1. The Hall–Kier alpha value is -2.97. The summed E-state index contributed by atoms with van der Waals surface area (Å²) in [7, 11) is 0. The molecule has 2 heterocycles. The molecule has 3 aromatic rings. The van der Waals surface area contributed by atoms with Gasteiger partial charge in [-0.25, -0.2) is 9.37 Å². The van der Waals surface area contributed by atoms with Gasteiger partial charge >= 0.3 is 0 Å². The van der Waals surface area contributed by atoms with E-state index >= 15 is 0 Å². The highest BCUT2D eigenvalue weighted by atomic mass is 35.5. The number of carbonyl (C=O) groups excluding carboxylic acids is 2. The molecule has 1 N–H and O–H groups in total. The monoisotopic (exact) mass is 472 g/mol. The van der Waals surface area contributed by atoms with E-state index in [1.807, 2.05) is 34.5 Å². The van der Waals surface area contributed by atoms with E-state index in [0.717, 1.165) is 29.5 Å². The molecule has 2 amide bonds. The summed E-state index contributed by atoms with van der Waals surface area (Å²) in [5.74, 6) is -0.653. The van der Waals surface area contributed by atoms with Crippen LogP contribution in [0.4, 0.5) is 15.2 Å². The van der Waals surface area contributed by atoms with Crippen LogP contribution in [0.25, 0.3) is 0 Å². The second kappa shape index (κ2) is 10.1. The molecule has 0 spiro atoms. The molecule has 0 radical (unpaired) electrons. The molecule has 2 aromatic carbocycles. The lowest BCUT2D eigenvalue weighted by Gasteiger charge is -2.36. The first-order valence-electron chi connectivity index (χ1n) is 10.3. The van der Waals surface area contributed by atoms with Gasteiger partial charge in [0.2, 0.25) is 5.91 Å². The summed E-state index contributed by atoms with van der Waals surface area (Å²) < 4.78 is 13.0. The van der Waals surface area contributed by atoms with Crippen molar-refractivity contribution >= 4 is 45.6 Å². The van der Waals surface area contributed by atoms with Gasteiger partial charge in [0.15, 0.2) is 5.13 Å². The smallest absolute Gasteiger partial charge is 0.257 e.